The molecule has 15 heteroatoms. The van der Waals surface area contributed by atoms with Crippen molar-refractivity contribution >= 4 is 23.6 Å². The maximum atomic E-state index is 13.9. The standard InChI is InChI=1S/C30H32F6N4O5/c1-27(2,3)45-26(43)37-22(16-44-21-13-19(29(31,32)33)12-20(14-21)30(34,35)36)24(41)40-11-10-23-28(17-40,25(42)39(4)38-23)15-18-8-6-5-7-9-18/h5-9,12-14,22H,10-11,15-17H2,1-4H3,(H,37,43)/t22?,28-/m1/s1. The van der Waals surface area contributed by atoms with E-state index in [1.807, 2.05) is 18.2 Å². The highest BCUT2D eigenvalue weighted by Crippen LogP contribution is 2.40. The zero-order valence-corrected chi connectivity index (χ0v) is 24.9. The molecular formula is C30H32F6N4O5. The first-order chi connectivity index (χ1) is 20.8. The third-order valence-corrected chi connectivity index (χ3v) is 7.23. The van der Waals surface area contributed by atoms with Crippen LogP contribution in [0.4, 0.5) is 31.1 Å². The first-order valence-corrected chi connectivity index (χ1v) is 13.9. The first kappa shape index (κ1) is 33.6. The highest BCUT2D eigenvalue weighted by Gasteiger charge is 2.54. The number of hydrogen-bond donors (Lipinski definition) is 1. The Morgan fingerprint density at radius 3 is 2.16 bits per heavy atom. The van der Waals surface area contributed by atoms with E-state index in [2.05, 4.69) is 10.4 Å². The minimum absolute atomic E-state index is 0.0525. The van der Waals surface area contributed by atoms with Gasteiger partial charge < -0.3 is 19.7 Å². The van der Waals surface area contributed by atoms with Gasteiger partial charge in [0.1, 0.15) is 29.4 Å². The van der Waals surface area contributed by atoms with Gasteiger partial charge in [0.15, 0.2) is 0 Å². The van der Waals surface area contributed by atoms with Crippen molar-refractivity contribution in [3.8, 4) is 5.75 Å². The average molecular weight is 643 g/mol. The van der Waals surface area contributed by atoms with Gasteiger partial charge in [0.05, 0.1) is 16.8 Å². The van der Waals surface area contributed by atoms with Crippen molar-refractivity contribution in [2.24, 2.45) is 10.5 Å². The molecule has 244 valence electrons. The van der Waals surface area contributed by atoms with Crippen molar-refractivity contribution in [1.82, 2.24) is 15.2 Å². The van der Waals surface area contributed by atoms with E-state index < -0.39 is 64.9 Å². The molecule has 1 saturated heterocycles. The number of nitrogens with one attached hydrogen (secondary N) is 1. The van der Waals surface area contributed by atoms with Crippen LogP contribution in [-0.2, 0) is 33.1 Å². The third-order valence-electron chi connectivity index (χ3n) is 7.23. The van der Waals surface area contributed by atoms with E-state index in [0.29, 0.717) is 17.8 Å². The van der Waals surface area contributed by atoms with Gasteiger partial charge in [-0.25, -0.2) is 9.80 Å². The lowest BCUT2D eigenvalue weighted by molar-refractivity contribution is -0.144. The number of fused-ring (bicyclic) bond motifs is 1. The predicted molar refractivity (Wildman–Crippen MR) is 149 cm³/mol. The average Bonchev–Trinajstić information content (AvgIpc) is 3.17. The van der Waals surface area contributed by atoms with Crippen LogP contribution >= 0.6 is 0 Å². The number of benzene rings is 2. The number of ether oxygens (including phenoxy) is 2. The number of rotatable bonds is 7. The van der Waals surface area contributed by atoms with E-state index in [4.69, 9.17) is 9.47 Å². The summed E-state index contributed by atoms with van der Waals surface area (Å²) in [7, 11) is 1.50. The van der Waals surface area contributed by atoms with Crippen molar-refractivity contribution in [3.05, 3.63) is 65.2 Å². The number of halogens is 6. The molecule has 2 atom stereocenters. The van der Waals surface area contributed by atoms with Gasteiger partial charge in [0.2, 0.25) is 5.91 Å². The third kappa shape index (κ3) is 7.87. The molecule has 2 heterocycles. The van der Waals surface area contributed by atoms with E-state index in [1.54, 1.807) is 32.9 Å². The Labute approximate surface area is 255 Å². The van der Waals surface area contributed by atoms with E-state index in [9.17, 15) is 40.7 Å². The number of likely N-dealkylation sites (tertiary alicyclic amines) is 1. The largest absolute Gasteiger partial charge is 0.491 e. The van der Waals surface area contributed by atoms with Crippen LogP contribution in [0.1, 0.15) is 43.9 Å². The van der Waals surface area contributed by atoms with Crippen molar-refractivity contribution < 1.29 is 50.2 Å². The van der Waals surface area contributed by atoms with E-state index in [-0.39, 0.29) is 37.9 Å². The molecule has 2 aromatic rings. The fraction of sp³-hybridized carbons (Fsp3) is 0.467. The van der Waals surface area contributed by atoms with Crippen LogP contribution in [0.3, 0.4) is 0 Å². The lowest BCUT2D eigenvalue weighted by Gasteiger charge is -2.40. The minimum atomic E-state index is -5.12. The summed E-state index contributed by atoms with van der Waals surface area (Å²) in [5.41, 5.74) is -4.06. The van der Waals surface area contributed by atoms with Crippen molar-refractivity contribution in [1.29, 1.82) is 0 Å². The molecule has 0 aromatic heterocycles. The maximum absolute atomic E-state index is 13.9. The summed E-state index contributed by atoms with van der Waals surface area (Å²) < 4.78 is 90.9. The highest BCUT2D eigenvalue weighted by molar-refractivity contribution is 6.13. The van der Waals surface area contributed by atoms with Crippen LogP contribution in [0.5, 0.6) is 5.75 Å². The van der Waals surface area contributed by atoms with Gasteiger partial charge in [-0.05, 0) is 51.0 Å². The molecular weight excluding hydrogens is 610 g/mol. The molecule has 0 radical (unpaired) electrons. The fourth-order valence-corrected chi connectivity index (χ4v) is 5.25. The zero-order chi connectivity index (χ0) is 33.4. The van der Waals surface area contributed by atoms with E-state index in [0.717, 1.165) is 5.56 Å². The zero-order valence-electron chi connectivity index (χ0n) is 24.9. The fourth-order valence-electron chi connectivity index (χ4n) is 5.25. The van der Waals surface area contributed by atoms with Crippen LogP contribution in [0.25, 0.3) is 0 Å². The monoisotopic (exact) mass is 642 g/mol. The lowest BCUT2D eigenvalue weighted by atomic mass is 9.73. The number of hydrazone groups is 1. The lowest BCUT2D eigenvalue weighted by Crippen LogP contribution is -2.60. The number of alkyl halides is 6. The second-order valence-corrected chi connectivity index (χ2v) is 11.9. The summed E-state index contributed by atoms with van der Waals surface area (Å²) in [6.45, 7) is 3.76. The number of hydrogen-bond acceptors (Lipinski definition) is 6. The smallest absolute Gasteiger partial charge is 0.416 e. The van der Waals surface area contributed by atoms with Gasteiger partial charge in [-0.2, -0.15) is 31.4 Å². The number of carbonyl (C=O) groups excluding carboxylic acids is 3. The normalized spacial score (nSPS) is 19.5. The molecule has 3 amide bonds. The van der Waals surface area contributed by atoms with Crippen LogP contribution in [0, 0.1) is 5.41 Å². The maximum Gasteiger partial charge on any atom is 0.416 e. The molecule has 4 rings (SSSR count). The molecule has 1 unspecified atom stereocenters. The van der Waals surface area contributed by atoms with Crippen LogP contribution in [-0.4, -0.2) is 71.9 Å². The molecule has 0 saturated carbocycles. The second-order valence-electron chi connectivity index (χ2n) is 11.9. The molecule has 0 spiro atoms. The molecule has 9 nitrogen and oxygen atoms in total. The van der Waals surface area contributed by atoms with Crippen LogP contribution < -0.4 is 10.1 Å². The second kappa shape index (κ2) is 12.2. The van der Waals surface area contributed by atoms with Gasteiger partial charge in [0.25, 0.3) is 5.91 Å². The number of amides is 3. The van der Waals surface area contributed by atoms with E-state index in [1.165, 1.54) is 17.0 Å². The minimum Gasteiger partial charge on any atom is -0.491 e. The molecule has 0 bridgehead atoms. The molecule has 1 fully saturated rings. The Kier molecular flexibility index (Phi) is 9.14. The molecule has 2 aromatic carbocycles. The van der Waals surface area contributed by atoms with Crippen molar-refractivity contribution in [3.63, 3.8) is 0 Å². The number of carbonyl (C=O) groups is 3. The molecule has 45 heavy (non-hydrogen) atoms. The number of piperidine rings is 1. The Bertz CT molecular complexity index is 1440. The van der Waals surface area contributed by atoms with Crippen molar-refractivity contribution in [2.75, 3.05) is 26.7 Å². The van der Waals surface area contributed by atoms with Crippen LogP contribution in [0.15, 0.2) is 53.6 Å². The summed E-state index contributed by atoms with van der Waals surface area (Å²) in [6, 6.07) is 8.14. The summed E-state index contributed by atoms with van der Waals surface area (Å²) in [5, 5.41) is 7.91. The molecule has 1 N–H and O–H groups in total. The Morgan fingerprint density at radius 1 is 1.00 bits per heavy atom. The summed E-state index contributed by atoms with van der Waals surface area (Å²) >= 11 is 0. The van der Waals surface area contributed by atoms with Crippen LogP contribution in [0.2, 0.25) is 0 Å². The van der Waals surface area contributed by atoms with E-state index >= 15 is 0 Å². The predicted octanol–water partition coefficient (Wildman–Crippen LogP) is 5.29. The number of nitrogens with zero attached hydrogens (tertiary/aromatic N) is 3. The Balaban J connectivity index is 1.63. The van der Waals surface area contributed by atoms with Crippen molar-refractivity contribution in [2.45, 2.75) is 57.6 Å². The SMILES string of the molecule is CN1N=C2CCN(C(=O)C(COc3cc(C(F)(F)F)cc(C(F)(F)F)c3)NC(=O)OC(C)(C)C)C[C@@]2(Cc2ccccc2)C1=O. The molecule has 2 aliphatic rings. The van der Waals surface area contributed by atoms with Gasteiger partial charge in [-0.1, -0.05) is 30.3 Å². The van der Waals surface area contributed by atoms with Gasteiger partial charge in [-0.15, -0.1) is 0 Å². The summed E-state index contributed by atoms with van der Waals surface area (Å²) in [4.78, 5) is 41.3. The van der Waals surface area contributed by atoms with Gasteiger partial charge >= 0.3 is 18.4 Å². The summed E-state index contributed by atoms with van der Waals surface area (Å²) in [6.07, 6.45) is -10.9. The molecule has 0 aliphatic carbocycles. The number of alkyl carbamates (subject to hydrolysis) is 1. The molecule has 2 aliphatic heterocycles. The van der Waals surface area contributed by atoms with Gasteiger partial charge in [0, 0.05) is 26.6 Å². The first-order valence-electron chi connectivity index (χ1n) is 13.9. The topological polar surface area (TPSA) is 101 Å². The Morgan fingerprint density at radius 2 is 1.60 bits per heavy atom. The summed E-state index contributed by atoms with van der Waals surface area (Å²) in [5.74, 6) is -1.95. The quantitative estimate of drug-likeness (QED) is 0.414. The van der Waals surface area contributed by atoms with Gasteiger partial charge in [-0.3, -0.25) is 9.59 Å². The highest BCUT2D eigenvalue weighted by atomic mass is 19.4. The Hall–Kier alpha value is -4.30.